The van der Waals surface area contributed by atoms with Gasteiger partial charge in [0.15, 0.2) is 5.78 Å². The number of nitrogens with one attached hydrogen (secondary N) is 1. The molecule has 0 aliphatic heterocycles. The molecular weight excluding hydrogens is 257 g/mol. The summed E-state index contributed by atoms with van der Waals surface area (Å²) in [5, 5.41) is 0.415. The van der Waals surface area contributed by atoms with E-state index in [0.717, 1.165) is 19.4 Å². The number of ketones is 1. The predicted molar refractivity (Wildman–Crippen MR) is 75.3 cm³/mol. The molecule has 1 saturated carbocycles. The standard InChI is InChI=1S/C16H18FNO2/c1-2-20-11-6-10(7-11)8-15(19)12-9-18-14-5-3-4-13(17)16(12)14/h3-5,9-11,18H,2,6-8H2,1H3. The van der Waals surface area contributed by atoms with Gasteiger partial charge in [-0.1, -0.05) is 6.07 Å². The van der Waals surface area contributed by atoms with Crippen molar-refractivity contribution >= 4 is 16.7 Å². The molecule has 1 aliphatic rings. The van der Waals surface area contributed by atoms with Gasteiger partial charge in [0, 0.05) is 35.7 Å². The molecule has 1 N–H and O–H groups in total. The summed E-state index contributed by atoms with van der Waals surface area (Å²) in [4.78, 5) is 15.3. The highest BCUT2D eigenvalue weighted by Crippen LogP contribution is 2.34. The third kappa shape index (κ3) is 2.36. The van der Waals surface area contributed by atoms with Crippen molar-refractivity contribution in [1.29, 1.82) is 0 Å². The van der Waals surface area contributed by atoms with Crippen LogP contribution in [0.3, 0.4) is 0 Å². The van der Waals surface area contributed by atoms with Crippen LogP contribution in [0.2, 0.25) is 0 Å². The maximum atomic E-state index is 13.8. The fourth-order valence-corrected chi connectivity index (χ4v) is 2.95. The van der Waals surface area contributed by atoms with E-state index < -0.39 is 0 Å². The average Bonchev–Trinajstić information content (AvgIpc) is 2.81. The summed E-state index contributed by atoms with van der Waals surface area (Å²) in [6.45, 7) is 2.70. The maximum Gasteiger partial charge on any atom is 0.165 e. The zero-order valence-corrected chi connectivity index (χ0v) is 11.5. The lowest BCUT2D eigenvalue weighted by Crippen LogP contribution is -2.32. The number of Topliss-reactive ketones (excluding diaryl/α,β-unsaturated/α-hetero) is 1. The van der Waals surface area contributed by atoms with Crippen molar-refractivity contribution in [2.45, 2.75) is 32.3 Å². The van der Waals surface area contributed by atoms with Gasteiger partial charge in [-0.05, 0) is 37.8 Å². The molecule has 1 aromatic carbocycles. The van der Waals surface area contributed by atoms with Crippen molar-refractivity contribution in [2.75, 3.05) is 6.61 Å². The number of H-pyrrole nitrogens is 1. The molecule has 4 heteroatoms. The van der Waals surface area contributed by atoms with Crippen LogP contribution < -0.4 is 0 Å². The normalized spacial score (nSPS) is 21.9. The molecule has 0 unspecified atom stereocenters. The summed E-state index contributed by atoms with van der Waals surface area (Å²) in [6, 6.07) is 4.81. The Morgan fingerprint density at radius 1 is 1.45 bits per heavy atom. The first kappa shape index (κ1) is 13.3. The number of fused-ring (bicyclic) bond motifs is 1. The van der Waals surface area contributed by atoms with Crippen LogP contribution in [-0.2, 0) is 4.74 Å². The summed E-state index contributed by atoms with van der Waals surface area (Å²) in [6.07, 6.45) is 4.27. The van der Waals surface area contributed by atoms with Gasteiger partial charge in [-0.25, -0.2) is 4.39 Å². The highest BCUT2D eigenvalue weighted by Gasteiger charge is 2.31. The molecule has 0 saturated heterocycles. The second kappa shape index (κ2) is 5.37. The molecule has 1 aliphatic carbocycles. The fraction of sp³-hybridized carbons (Fsp3) is 0.438. The summed E-state index contributed by atoms with van der Waals surface area (Å²) >= 11 is 0. The van der Waals surface area contributed by atoms with Crippen LogP contribution >= 0.6 is 0 Å². The van der Waals surface area contributed by atoms with Gasteiger partial charge in [-0.15, -0.1) is 0 Å². The average molecular weight is 275 g/mol. The summed E-state index contributed by atoms with van der Waals surface area (Å²) in [5.74, 6) is 0.0463. The molecule has 0 radical (unpaired) electrons. The lowest BCUT2D eigenvalue weighted by atomic mass is 9.78. The monoisotopic (exact) mass is 275 g/mol. The fourth-order valence-electron chi connectivity index (χ4n) is 2.95. The first-order valence-corrected chi connectivity index (χ1v) is 7.09. The minimum Gasteiger partial charge on any atom is -0.378 e. The smallest absolute Gasteiger partial charge is 0.165 e. The molecule has 0 bridgehead atoms. The number of halogens is 1. The van der Waals surface area contributed by atoms with Crippen molar-refractivity contribution in [1.82, 2.24) is 4.98 Å². The molecule has 3 rings (SSSR count). The Hall–Kier alpha value is -1.68. The number of ether oxygens (including phenoxy) is 1. The van der Waals surface area contributed by atoms with Crippen molar-refractivity contribution in [3.63, 3.8) is 0 Å². The molecular formula is C16H18FNO2. The quantitative estimate of drug-likeness (QED) is 0.845. The third-order valence-corrected chi connectivity index (χ3v) is 4.02. The summed E-state index contributed by atoms with van der Waals surface area (Å²) < 4.78 is 19.3. The molecule has 1 heterocycles. The van der Waals surface area contributed by atoms with E-state index in [0.29, 0.717) is 34.9 Å². The first-order valence-electron chi connectivity index (χ1n) is 7.09. The number of hydrogen-bond acceptors (Lipinski definition) is 2. The minimum atomic E-state index is -0.340. The highest BCUT2D eigenvalue weighted by atomic mass is 19.1. The summed E-state index contributed by atoms with van der Waals surface area (Å²) in [7, 11) is 0. The lowest BCUT2D eigenvalue weighted by molar-refractivity contribution is -0.0245. The Bertz CT molecular complexity index is 628. The van der Waals surface area contributed by atoms with Crippen molar-refractivity contribution in [3.8, 4) is 0 Å². The minimum absolute atomic E-state index is 0.0151. The predicted octanol–water partition coefficient (Wildman–Crippen LogP) is 3.69. The van der Waals surface area contributed by atoms with Crippen LogP contribution in [0, 0.1) is 11.7 Å². The van der Waals surface area contributed by atoms with E-state index in [-0.39, 0.29) is 11.6 Å². The van der Waals surface area contributed by atoms with Gasteiger partial charge in [0.05, 0.1) is 6.10 Å². The largest absolute Gasteiger partial charge is 0.378 e. The van der Waals surface area contributed by atoms with Gasteiger partial charge >= 0.3 is 0 Å². The van der Waals surface area contributed by atoms with Gasteiger partial charge < -0.3 is 9.72 Å². The van der Waals surface area contributed by atoms with Crippen LogP contribution in [0.25, 0.3) is 10.9 Å². The third-order valence-electron chi connectivity index (χ3n) is 4.02. The van der Waals surface area contributed by atoms with Gasteiger partial charge in [0.1, 0.15) is 5.82 Å². The van der Waals surface area contributed by atoms with E-state index in [1.54, 1.807) is 18.3 Å². The van der Waals surface area contributed by atoms with Crippen molar-refractivity contribution < 1.29 is 13.9 Å². The Morgan fingerprint density at radius 2 is 2.25 bits per heavy atom. The maximum absolute atomic E-state index is 13.8. The molecule has 1 aromatic heterocycles. The zero-order chi connectivity index (χ0) is 14.1. The molecule has 0 amide bonds. The lowest BCUT2D eigenvalue weighted by Gasteiger charge is -2.34. The van der Waals surface area contributed by atoms with Gasteiger partial charge in [-0.3, -0.25) is 4.79 Å². The van der Waals surface area contributed by atoms with Crippen molar-refractivity contribution in [2.24, 2.45) is 5.92 Å². The first-order chi connectivity index (χ1) is 9.69. The number of aromatic amines is 1. The van der Waals surface area contributed by atoms with E-state index in [1.165, 1.54) is 6.07 Å². The van der Waals surface area contributed by atoms with E-state index in [9.17, 15) is 9.18 Å². The van der Waals surface area contributed by atoms with E-state index >= 15 is 0 Å². The number of carbonyl (C=O) groups excluding carboxylic acids is 1. The Labute approximate surface area is 117 Å². The highest BCUT2D eigenvalue weighted by molar-refractivity contribution is 6.08. The second-order valence-electron chi connectivity index (χ2n) is 5.41. The number of hydrogen-bond donors (Lipinski definition) is 1. The second-order valence-corrected chi connectivity index (χ2v) is 5.41. The van der Waals surface area contributed by atoms with Crippen LogP contribution in [0.5, 0.6) is 0 Å². The molecule has 2 aromatic rings. The van der Waals surface area contributed by atoms with Gasteiger partial charge in [-0.2, -0.15) is 0 Å². The van der Waals surface area contributed by atoms with Crippen LogP contribution in [0.4, 0.5) is 4.39 Å². The van der Waals surface area contributed by atoms with Gasteiger partial charge in [0.2, 0.25) is 0 Å². The van der Waals surface area contributed by atoms with E-state index in [4.69, 9.17) is 4.74 Å². The SMILES string of the molecule is CCOC1CC(CC(=O)c2c[nH]c3cccc(F)c23)C1. The Balaban J connectivity index is 1.71. The Kier molecular flexibility index (Phi) is 3.57. The van der Waals surface area contributed by atoms with E-state index in [2.05, 4.69) is 4.98 Å². The molecule has 1 fully saturated rings. The molecule has 0 atom stereocenters. The van der Waals surface area contributed by atoms with E-state index in [1.807, 2.05) is 6.92 Å². The topological polar surface area (TPSA) is 42.1 Å². The zero-order valence-electron chi connectivity index (χ0n) is 11.5. The summed E-state index contributed by atoms with van der Waals surface area (Å²) in [5.41, 5.74) is 1.15. The number of benzene rings is 1. The number of carbonyl (C=O) groups is 1. The Morgan fingerprint density at radius 3 is 3.00 bits per heavy atom. The van der Waals surface area contributed by atoms with Crippen LogP contribution in [-0.4, -0.2) is 23.5 Å². The molecule has 0 spiro atoms. The van der Waals surface area contributed by atoms with Gasteiger partial charge in [0.25, 0.3) is 0 Å². The number of aromatic nitrogens is 1. The molecule has 106 valence electrons. The van der Waals surface area contributed by atoms with Crippen molar-refractivity contribution in [3.05, 3.63) is 35.8 Å². The van der Waals surface area contributed by atoms with Crippen LogP contribution in [0.15, 0.2) is 24.4 Å². The molecule has 20 heavy (non-hydrogen) atoms. The number of rotatable bonds is 5. The molecule has 3 nitrogen and oxygen atoms in total. The van der Waals surface area contributed by atoms with Crippen LogP contribution in [0.1, 0.15) is 36.5 Å².